The number of H-pyrrole nitrogens is 1. The Hall–Kier alpha value is -2.50. The summed E-state index contributed by atoms with van der Waals surface area (Å²) in [5.41, 5.74) is 3.74. The van der Waals surface area contributed by atoms with Crippen molar-refractivity contribution >= 4 is 10.9 Å². The van der Waals surface area contributed by atoms with Crippen LogP contribution in [0.15, 0.2) is 42.6 Å². The summed E-state index contributed by atoms with van der Waals surface area (Å²) < 4.78 is 0. The third-order valence-corrected chi connectivity index (χ3v) is 5.40. The molecule has 1 heterocycles. The second kappa shape index (κ2) is 6.67. The van der Waals surface area contributed by atoms with E-state index < -0.39 is 6.10 Å². The molecule has 5 N–H and O–H groups in total. The molecule has 136 valence electrons. The van der Waals surface area contributed by atoms with Crippen molar-refractivity contribution in [2.75, 3.05) is 0 Å². The van der Waals surface area contributed by atoms with Crippen molar-refractivity contribution in [1.82, 2.24) is 10.3 Å². The van der Waals surface area contributed by atoms with Gasteiger partial charge in [-0.15, -0.1) is 0 Å². The van der Waals surface area contributed by atoms with Crippen molar-refractivity contribution in [1.29, 1.82) is 0 Å². The Morgan fingerprint density at radius 1 is 1.19 bits per heavy atom. The van der Waals surface area contributed by atoms with Crippen molar-refractivity contribution < 1.29 is 15.3 Å². The molecule has 0 aliphatic heterocycles. The highest BCUT2D eigenvalue weighted by atomic mass is 16.3. The van der Waals surface area contributed by atoms with Crippen molar-refractivity contribution in [3.63, 3.8) is 0 Å². The molecule has 0 saturated carbocycles. The fourth-order valence-corrected chi connectivity index (χ4v) is 4.08. The molecule has 26 heavy (non-hydrogen) atoms. The Labute approximate surface area is 152 Å². The number of aromatic nitrogens is 1. The maximum Gasteiger partial charge on any atom is 0.161 e. The van der Waals surface area contributed by atoms with E-state index in [0.29, 0.717) is 24.0 Å². The highest BCUT2D eigenvalue weighted by Gasteiger charge is 2.31. The van der Waals surface area contributed by atoms with E-state index in [9.17, 15) is 15.3 Å². The van der Waals surface area contributed by atoms with Crippen molar-refractivity contribution in [2.24, 2.45) is 0 Å². The largest absolute Gasteiger partial charge is 0.504 e. The van der Waals surface area contributed by atoms with Crippen molar-refractivity contribution in [2.45, 2.75) is 44.4 Å². The molecule has 3 atom stereocenters. The van der Waals surface area contributed by atoms with Crippen LogP contribution in [0.2, 0.25) is 0 Å². The number of hydrogen-bond donors (Lipinski definition) is 5. The first kappa shape index (κ1) is 16.9. The number of aliphatic hydroxyl groups is 1. The maximum atomic E-state index is 10.7. The maximum absolute atomic E-state index is 10.7. The molecule has 1 unspecified atom stereocenters. The number of aliphatic hydroxyl groups excluding tert-OH is 1. The molecule has 0 spiro atoms. The summed E-state index contributed by atoms with van der Waals surface area (Å²) in [7, 11) is 0. The third-order valence-electron chi connectivity index (χ3n) is 5.40. The number of rotatable bonds is 4. The Balaban J connectivity index is 1.48. The van der Waals surface area contributed by atoms with E-state index >= 15 is 0 Å². The first-order valence-electron chi connectivity index (χ1n) is 9.07. The molecule has 0 saturated heterocycles. The van der Waals surface area contributed by atoms with Gasteiger partial charge in [0.2, 0.25) is 0 Å². The minimum absolute atomic E-state index is 0.0772. The zero-order chi connectivity index (χ0) is 18.3. The van der Waals surface area contributed by atoms with Gasteiger partial charge in [-0.05, 0) is 49.4 Å². The monoisotopic (exact) mass is 352 g/mol. The highest BCUT2D eigenvalue weighted by molar-refractivity contribution is 5.83. The van der Waals surface area contributed by atoms with Gasteiger partial charge in [-0.2, -0.15) is 0 Å². The molecule has 0 fully saturated rings. The van der Waals surface area contributed by atoms with Crippen LogP contribution in [0, 0.1) is 0 Å². The van der Waals surface area contributed by atoms with Crippen LogP contribution in [0.1, 0.15) is 36.1 Å². The van der Waals surface area contributed by atoms with Gasteiger partial charge in [-0.3, -0.25) is 0 Å². The molecule has 5 heteroatoms. The first-order valence-corrected chi connectivity index (χ1v) is 9.07. The fourth-order valence-electron chi connectivity index (χ4n) is 4.08. The minimum Gasteiger partial charge on any atom is -0.504 e. The Morgan fingerprint density at radius 3 is 2.85 bits per heavy atom. The average Bonchev–Trinajstić information content (AvgIpc) is 3.03. The van der Waals surface area contributed by atoms with Gasteiger partial charge in [-0.25, -0.2) is 0 Å². The van der Waals surface area contributed by atoms with Gasteiger partial charge in [0.15, 0.2) is 11.5 Å². The van der Waals surface area contributed by atoms with Crippen LogP contribution < -0.4 is 5.32 Å². The van der Waals surface area contributed by atoms with Gasteiger partial charge in [0.1, 0.15) is 0 Å². The molecule has 0 bridgehead atoms. The van der Waals surface area contributed by atoms with Crippen LogP contribution in [0.3, 0.4) is 0 Å². The quantitative estimate of drug-likeness (QED) is 0.467. The van der Waals surface area contributed by atoms with E-state index in [1.807, 2.05) is 12.1 Å². The fraction of sp³-hybridized carbons (Fsp3) is 0.333. The van der Waals surface area contributed by atoms with E-state index in [4.69, 9.17) is 0 Å². The Kier molecular flexibility index (Phi) is 4.34. The summed E-state index contributed by atoms with van der Waals surface area (Å²) in [5, 5.41) is 35.2. The second-order valence-corrected chi connectivity index (χ2v) is 7.22. The predicted octanol–water partition coefficient (Wildman–Crippen LogP) is 3.15. The van der Waals surface area contributed by atoms with Gasteiger partial charge in [0.05, 0.1) is 6.10 Å². The van der Waals surface area contributed by atoms with E-state index in [-0.39, 0.29) is 23.6 Å². The van der Waals surface area contributed by atoms with E-state index in [1.165, 1.54) is 17.0 Å². The van der Waals surface area contributed by atoms with Crippen LogP contribution in [0.25, 0.3) is 10.9 Å². The lowest BCUT2D eigenvalue weighted by molar-refractivity contribution is 0.108. The topological polar surface area (TPSA) is 88.5 Å². The number of benzene rings is 2. The number of hydrogen-bond acceptors (Lipinski definition) is 4. The predicted molar refractivity (Wildman–Crippen MR) is 101 cm³/mol. The number of phenolic OH excluding ortho intramolecular Hbond substituents is 2. The molecule has 0 amide bonds. The zero-order valence-corrected chi connectivity index (χ0v) is 14.7. The van der Waals surface area contributed by atoms with Crippen LogP contribution in [-0.2, 0) is 12.8 Å². The number of nitrogens with one attached hydrogen (secondary N) is 2. The Morgan fingerprint density at radius 2 is 2.00 bits per heavy atom. The molecule has 1 aliphatic rings. The van der Waals surface area contributed by atoms with E-state index in [2.05, 4.69) is 35.6 Å². The number of aromatic amines is 1. The van der Waals surface area contributed by atoms with Gasteiger partial charge >= 0.3 is 0 Å². The summed E-state index contributed by atoms with van der Waals surface area (Å²) in [5.74, 6) is -0.234. The number of aromatic hydroxyl groups is 2. The lowest BCUT2D eigenvalue weighted by Crippen LogP contribution is -2.43. The smallest absolute Gasteiger partial charge is 0.161 e. The van der Waals surface area contributed by atoms with E-state index in [0.717, 1.165) is 11.9 Å². The van der Waals surface area contributed by atoms with Crippen LogP contribution in [0.5, 0.6) is 11.5 Å². The molecule has 0 radical (unpaired) electrons. The normalized spacial score (nSPS) is 20.8. The molecule has 1 aliphatic carbocycles. The molecular weight excluding hydrogens is 328 g/mol. The van der Waals surface area contributed by atoms with Gasteiger partial charge in [0, 0.05) is 34.7 Å². The third kappa shape index (κ3) is 2.93. The minimum atomic E-state index is -0.698. The standard InChI is InChI=1S/C21H24N2O3/c1-12(10-13-11-22-17-5-3-2-4-14(13)17)23-18-8-6-16-15(20(18)25)7-9-19(24)21(16)26/h2-5,7,9,11-12,18,20,22-26H,6,8,10H2,1H3/t12?,18-,20-/m1/s1. The molecule has 2 aromatic carbocycles. The Bertz CT molecular complexity index is 934. The summed E-state index contributed by atoms with van der Waals surface area (Å²) in [6.45, 7) is 2.12. The average molecular weight is 352 g/mol. The summed E-state index contributed by atoms with van der Waals surface area (Å²) >= 11 is 0. The lowest BCUT2D eigenvalue weighted by atomic mass is 9.84. The van der Waals surface area contributed by atoms with Crippen molar-refractivity contribution in [3.05, 3.63) is 59.3 Å². The SMILES string of the molecule is CC(Cc1c[nH]c2ccccc12)N[C@@H]1CCc2c(ccc(O)c2O)[C@H]1O. The summed E-state index contributed by atoms with van der Waals surface area (Å²) in [6.07, 6.45) is 3.56. The number of phenols is 2. The summed E-state index contributed by atoms with van der Waals surface area (Å²) in [4.78, 5) is 3.30. The van der Waals surface area contributed by atoms with Gasteiger partial charge in [0.25, 0.3) is 0 Å². The van der Waals surface area contributed by atoms with Gasteiger partial charge < -0.3 is 25.6 Å². The molecular formula is C21H24N2O3. The zero-order valence-electron chi connectivity index (χ0n) is 14.7. The van der Waals surface area contributed by atoms with Crippen molar-refractivity contribution in [3.8, 4) is 11.5 Å². The molecule has 3 aromatic rings. The first-order chi connectivity index (χ1) is 12.5. The van der Waals surface area contributed by atoms with E-state index in [1.54, 1.807) is 6.07 Å². The molecule has 4 rings (SSSR count). The molecule has 1 aromatic heterocycles. The highest BCUT2D eigenvalue weighted by Crippen LogP contribution is 2.39. The number of fused-ring (bicyclic) bond motifs is 2. The van der Waals surface area contributed by atoms with Crippen LogP contribution in [-0.4, -0.2) is 32.4 Å². The molecule has 5 nitrogen and oxygen atoms in total. The lowest BCUT2D eigenvalue weighted by Gasteiger charge is -2.33. The van der Waals surface area contributed by atoms with Crippen LogP contribution >= 0.6 is 0 Å². The summed E-state index contributed by atoms with van der Waals surface area (Å²) in [6, 6.07) is 11.5. The number of para-hydroxylation sites is 1. The second-order valence-electron chi connectivity index (χ2n) is 7.22. The van der Waals surface area contributed by atoms with Gasteiger partial charge in [-0.1, -0.05) is 24.3 Å². The van der Waals surface area contributed by atoms with Crippen LogP contribution in [0.4, 0.5) is 0 Å².